The number of aromatic nitrogens is 1. The first-order chi connectivity index (χ1) is 14.2. The Balaban J connectivity index is 1.47. The van der Waals surface area contributed by atoms with Crippen LogP contribution < -0.4 is 5.32 Å². The molecule has 1 aromatic heterocycles. The van der Waals surface area contributed by atoms with Crippen molar-refractivity contribution in [1.29, 1.82) is 0 Å². The molecule has 1 saturated heterocycles. The van der Waals surface area contributed by atoms with E-state index < -0.39 is 0 Å². The van der Waals surface area contributed by atoms with E-state index in [9.17, 15) is 4.79 Å². The van der Waals surface area contributed by atoms with E-state index in [2.05, 4.69) is 57.7 Å². The van der Waals surface area contributed by atoms with Crippen LogP contribution in [0.4, 0.5) is 0 Å². The van der Waals surface area contributed by atoms with E-state index in [0.717, 1.165) is 50.3 Å². The molecule has 4 rings (SSSR count). The third kappa shape index (κ3) is 5.24. The first-order valence-electron chi connectivity index (χ1n) is 11.2. The fourth-order valence-corrected chi connectivity index (χ4v) is 4.99. The topological polar surface area (TPSA) is 45.2 Å². The number of piperidine rings is 1. The van der Waals surface area contributed by atoms with Crippen LogP contribution in [0.25, 0.3) is 0 Å². The summed E-state index contributed by atoms with van der Waals surface area (Å²) < 4.78 is 0. The van der Waals surface area contributed by atoms with Crippen LogP contribution in [0.1, 0.15) is 61.4 Å². The van der Waals surface area contributed by atoms with Gasteiger partial charge < -0.3 is 5.32 Å². The summed E-state index contributed by atoms with van der Waals surface area (Å²) in [4.78, 5) is 20.1. The van der Waals surface area contributed by atoms with Crippen LogP contribution in [0.5, 0.6) is 0 Å². The smallest absolute Gasteiger partial charge is 0.223 e. The van der Waals surface area contributed by atoms with Crippen LogP contribution in [0.3, 0.4) is 0 Å². The van der Waals surface area contributed by atoms with Gasteiger partial charge in [-0.15, -0.1) is 0 Å². The lowest BCUT2D eigenvalue weighted by Crippen LogP contribution is -2.52. The zero-order chi connectivity index (χ0) is 20.1. The molecule has 2 heterocycles. The van der Waals surface area contributed by atoms with Crippen molar-refractivity contribution in [2.24, 2.45) is 5.92 Å². The summed E-state index contributed by atoms with van der Waals surface area (Å²) in [6.45, 7) is 4.80. The third-order valence-corrected chi connectivity index (χ3v) is 6.56. The minimum Gasteiger partial charge on any atom is -0.351 e. The van der Waals surface area contributed by atoms with Crippen molar-refractivity contribution in [3.63, 3.8) is 0 Å². The van der Waals surface area contributed by atoms with E-state index in [-0.39, 0.29) is 17.9 Å². The van der Waals surface area contributed by atoms with Crippen LogP contribution in [0, 0.1) is 12.8 Å². The largest absolute Gasteiger partial charge is 0.351 e. The van der Waals surface area contributed by atoms with Crippen LogP contribution in [-0.2, 0) is 11.3 Å². The number of carbonyl (C=O) groups excluding carboxylic acids is 1. The predicted octanol–water partition coefficient (Wildman–Crippen LogP) is 4.44. The summed E-state index contributed by atoms with van der Waals surface area (Å²) in [6, 6.07) is 17.1. The Morgan fingerprint density at radius 3 is 2.59 bits per heavy atom. The summed E-state index contributed by atoms with van der Waals surface area (Å²) in [5.41, 5.74) is 3.51. The van der Waals surface area contributed by atoms with Crippen molar-refractivity contribution in [3.8, 4) is 0 Å². The standard InChI is InChI=1S/C25H33N3O/c1-19-9-8-14-22(26-19)17-28-16-15-23(20-10-4-2-5-11-20)24(18-28)27-25(29)21-12-6-3-7-13-21/h2,4-5,8-11,14,21,23-24H,3,6-7,12-13,15-18H2,1H3,(H,27,29)/t23-,24-/m0/s1. The fourth-order valence-electron chi connectivity index (χ4n) is 4.99. The van der Waals surface area contributed by atoms with Gasteiger partial charge in [0, 0.05) is 36.7 Å². The molecule has 29 heavy (non-hydrogen) atoms. The lowest BCUT2D eigenvalue weighted by Gasteiger charge is -2.40. The third-order valence-electron chi connectivity index (χ3n) is 6.56. The van der Waals surface area contributed by atoms with Crippen molar-refractivity contribution in [2.75, 3.05) is 13.1 Å². The Labute approximate surface area is 174 Å². The highest BCUT2D eigenvalue weighted by atomic mass is 16.2. The maximum absolute atomic E-state index is 13.0. The molecule has 154 valence electrons. The average molecular weight is 392 g/mol. The highest BCUT2D eigenvalue weighted by Gasteiger charge is 2.33. The fraction of sp³-hybridized carbons (Fsp3) is 0.520. The molecule has 0 spiro atoms. The number of rotatable bonds is 5. The highest BCUT2D eigenvalue weighted by molar-refractivity contribution is 5.79. The number of hydrogen-bond acceptors (Lipinski definition) is 3. The Morgan fingerprint density at radius 1 is 1.03 bits per heavy atom. The predicted molar refractivity (Wildman–Crippen MR) is 117 cm³/mol. The summed E-state index contributed by atoms with van der Waals surface area (Å²) in [6.07, 6.45) is 6.81. The molecule has 0 bridgehead atoms. The molecule has 1 aromatic carbocycles. The summed E-state index contributed by atoms with van der Waals surface area (Å²) in [5.74, 6) is 0.852. The van der Waals surface area contributed by atoms with Crippen molar-refractivity contribution in [1.82, 2.24) is 15.2 Å². The van der Waals surface area contributed by atoms with Crippen LogP contribution in [0.2, 0.25) is 0 Å². The van der Waals surface area contributed by atoms with Gasteiger partial charge in [-0.1, -0.05) is 55.7 Å². The number of aryl methyl sites for hydroxylation is 1. The Morgan fingerprint density at radius 2 is 1.83 bits per heavy atom. The molecule has 2 fully saturated rings. The monoisotopic (exact) mass is 391 g/mol. The van der Waals surface area contributed by atoms with Gasteiger partial charge in [0.1, 0.15) is 0 Å². The van der Waals surface area contributed by atoms with Gasteiger partial charge in [0.05, 0.1) is 5.69 Å². The molecule has 1 aliphatic carbocycles. The first kappa shape index (κ1) is 20.1. The molecule has 1 N–H and O–H groups in total. The van der Waals surface area contributed by atoms with Gasteiger partial charge >= 0.3 is 0 Å². The number of carbonyl (C=O) groups is 1. The molecule has 0 radical (unpaired) electrons. The molecule has 2 aliphatic rings. The lowest BCUT2D eigenvalue weighted by molar-refractivity contribution is -0.127. The van der Waals surface area contributed by atoms with E-state index in [1.165, 1.54) is 24.8 Å². The van der Waals surface area contributed by atoms with Crippen molar-refractivity contribution in [2.45, 2.75) is 64.0 Å². The van der Waals surface area contributed by atoms with Crippen LogP contribution in [0.15, 0.2) is 48.5 Å². The zero-order valence-electron chi connectivity index (χ0n) is 17.5. The van der Waals surface area contributed by atoms with Gasteiger partial charge in [-0.05, 0) is 50.4 Å². The maximum atomic E-state index is 13.0. The van der Waals surface area contributed by atoms with E-state index in [1.807, 2.05) is 13.0 Å². The molecule has 1 aliphatic heterocycles. The molecule has 4 nitrogen and oxygen atoms in total. The van der Waals surface area contributed by atoms with Gasteiger partial charge in [-0.2, -0.15) is 0 Å². The lowest BCUT2D eigenvalue weighted by atomic mass is 9.83. The summed E-state index contributed by atoms with van der Waals surface area (Å²) >= 11 is 0. The van der Waals surface area contributed by atoms with E-state index >= 15 is 0 Å². The number of likely N-dealkylation sites (tertiary alicyclic amines) is 1. The SMILES string of the molecule is Cc1cccc(CN2CC[C@@H](c3ccccc3)[C@@H](NC(=O)C3CCCCC3)C2)n1. The molecule has 2 aromatic rings. The maximum Gasteiger partial charge on any atom is 0.223 e. The minimum absolute atomic E-state index is 0.158. The molecular weight excluding hydrogens is 358 g/mol. The van der Waals surface area contributed by atoms with Crippen molar-refractivity contribution >= 4 is 5.91 Å². The number of hydrogen-bond donors (Lipinski definition) is 1. The van der Waals surface area contributed by atoms with E-state index in [0.29, 0.717) is 5.92 Å². The van der Waals surface area contributed by atoms with E-state index in [4.69, 9.17) is 0 Å². The average Bonchev–Trinajstić information content (AvgIpc) is 2.75. The second-order valence-corrected chi connectivity index (χ2v) is 8.76. The Bertz CT molecular complexity index is 801. The Kier molecular flexibility index (Phi) is 6.60. The molecule has 0 unspecified atom stereocenters. The number of nitrogens with zero attached hydrogens (tertiary/aromatic N) is 2. The molecule has 2 atom stereocenters. The van der Waals surface area contributed by atoms with Crippen molar-refractivity contribution < 1.29 is 4.79 Å². The van der Waals surface area contributed by atoms with Crippen LogP contribution >= 0.6 is 0 Å². The van der Waals surface area contributed by atoms with Gasteiger partial charge in [0.2, 0.25) is 5.91 Å². The van der Waals surface area contributed by atoms with Crippen molar-refractivity contribution in [3.05, 3.63) is 65.5 Å². The summed E-state index contributed by atoms with van der Waals surface area (Å²) in [7, 11) is 0. The second kappa shape index (κ2) is 9.53. The normalized spacial score (nSPS) is 23.6. The molecule has 4 heteroatoms. The summed E-state index contributed by atoms with van der Waals surface area (Å²) in [5, 5.41) is 3.46. The number of benzene rings is 1. The molecule has 1 saturated carbocycles. The quantitative estimate of drug-likeness (QED) is 0.819. The van der Waals surface area contributed by atoms with Crippen LogP contribution in [-0.4, -0.2) is 34.9 Å². The highest BCUT2D eigenvalue weighted by Crippen LogP contribution is 2.30. The first-order valence-corrected chi connectivity index (χ1v) is 11.2. The van der Waals surface area contributed by atoms with E-state index in [1.54, 1.807) is 0 Å². The number of nitrogens with one attached hydrogen (secondary N) is 1. The minimum atomic E-state index is 0.158. The van der Waals surface area contributed by atoms with Gasteiger partial charge in [-0.3, -0.25) is 14.7 Å². The Hall–Kier alpha value is -2.20. The zero-order valence-corrected chi connectivity index (χ0v) is 17.5. The second-order valence-electron chi connectivity index (χ2n) is 8.76. The molecule has 1 amide bonds. The molecular formula is C25H33N3O. The number of pyridine rings is 1. The van der Waals surface area contributed by atoms with Gasteiger partial charge in [0.15, 0.2) is 0 Å². The number of amides is 1. The van der Waals surface area contributed by atoms with Gasteiger partial charge in [0.25, 0.3) is 0 Å². The van der Waals surface area contributed by atoms with Gasteiger partial charge in [-0.25, -0.2) is 0 Å².